The van der Waals surface area contributed by atoms with Gasteiger partial charge in [-0.3, -0.25) is 0 Å². The molecule has 0 unspecified atom stereocenters. The minimum Gasteiger partial charge on any atom is -0.228 e. The van der Waals surface area contributed by atoms with Gasteiger partial charge in [-0.15, -0.1) is 11.3 Å². The van der Waals surface area contributed by atoms with Gasteiger partial charge in [0, 0.05) is 42.4 Å². The summed E-state index contributed by atoms with van der Waals surface area (Å²) >= 11 is 1.86. The summed E-state index contributed by atoms with van der Waals surface area (Å²) in [7, 11) is 0. The van der Waals surface area contributed by atoms with Crippen molar-refractivity contribution in [2.45, 2.75) is 5.41 Å². The molecule has 3 heteroatoms. The van der Waals surface area contributed by atoms with Gasteiger partial charge in [-0.25, -0.2) is 9.97 Å². The first-order valence-corrected chi connectivity index (χ1v) is 19.9. The van der Waals surface area contributed by atoms with Crippen molar-refractivity contribution >= 4 is 31.5 Å². The van der Waals surface area contributed by atoms with Crippen LogP contribution in [0.1, 0.15) is 22.3 Å². The summed E-state index contributed by atoms with van der Waals surface area (Å²) in [5, 5.41) is 2.54. The molecule has 0 radical (unpaired) electrons. The van der Waals surface area contributed by atoms with E-state index in [4.69, 9.17) is 9.97 Å². The second-order valence-electron chi connectivity index (χ2n) is 14.4. The van der Waals surface area contributed by atoms with E-state index < -0.39 is 5.41 Å². The molecular weight excluding hydrogens is 697 g/mol. The minimum absolute atomic E-state index is 0.544. The van der Waals surface area contributed by atoms with Gasteiger partial charge in [-0.05, 0) is 63.2 Å². The predicted octanol–water partition coefficient (Wildman–Crippen LogP) is 13.9. The third kappa shape index (κ3) is 5.02. The highest BCUT2D eigenvalue weighted by atomic mass is 32.1. The summed E-state index contributed by atoms with van der Waals surface area (Å²) in [6.45, 7) is 0. The molecule has 8 aromatic carbocycles. The van der Waals surface area contributed by atoms with E-state index in [2.05, 4.69) is 206 Å². The van der Waals surface area contributed by atoms with Crippen LogP contribution in [0.5, 0.6) is 0 Å². The van der Waals surface area contributed by atoms with Crippen molar-refractivity contribution in [2.75, 3.05) is 0 Å². The number of thiophene rings is 1. The molecule has 0 atom stereocenters. The van der Waals surface area contributed by atoms with E-state index >= 15 is 0 Å². The number of nitrogens with zero attached hydrogens (tertiary/aromatic N) is 2. The fourth-order valence-corrected chi connectivity index (χ4v) is 10.2. The van der Waals surface area contributed by atoms with Gasteiger partial charge in [0.2, 0.25) is 0 Å². The summed E-state index contributed by atoms with van der Waals surface area (Å²) < 4.78 is 2.54. The van der Waals surface area contributed by atoms with E-state index in [0.29, 0.717) is 5.82 Å². The van der Waals surface area contributed by atoms with Crippen LogP contribution in [0.15, 0.2) is 206 Å². The Bertz CT molecular complexity index is 2960. The molecule has 0 fully saturated rings. The number of benzene rings is 8. The van der Waals surface area contributed by atoms with Crippen LogP contribution in [0.4, 0.5) is 0 Å². The van der Waals surface area contributed by atoms with E-state index in [1.54, 1.807) is 0 Å². The highest BCUT2D eigenvalue weighted by molar-refractivity contribution is 7.26. The first kappa shape index (κ1) is 32.5. The first-order valence-electron chi connectivity index (χ1n) is 19.1. The molecule has 0 N–H and O–H groups in total. The van der Waals surface area contributed by atoms with E-state index in [1.165, 1.54) is 59.1 Å². The molecule has 1 aliphatic rings. The molecule has 11 rings (SSSR count). The predicted molar refractivity (Wildman–Crippen MR) is 234 cm³/mol. The molecule has 10 aromatic rings. The maximum atomic E-state index is 5.43. The summed E-state index contributed by atoms with van der Waals surface area (Å²) in [5.41, 5.74) is 14.1. The average Bonchev–Trinajstić information content (AvgIpc) is 3.81. The molecule has 2 heterocycles. The molecule has 0 spiro atoms. The van der Waals surface area contributed by atoms with Crippen LogP contribution >= 0.6 is 11.3 Å². The second-order valence-corrected chi connectivity index (χ2v) is 15.5. The van der Waals surface area contributed by atoms with E-state index in [1.807, 2.05) is 11.3 Å². The highest BCUT2D eigenvalue weighted by Gasteiger charge is 2.46. The molecule has 0 amide bonds. The van der Waals surface area contributed by atoms with E-state index in [9.17, 15) is 0 Å². The Balaban J connectivity index is 1.29. The molecule has 1 aliphatic carbocycles. The van der Waals surface area contributed by atoms with Crippen LogP contribution in [-0.4, -0.2) is 9.97 Å². The normalized spacial score (nSPS) is 12.8. The maximum absolute atomic E-state index is 5.43. The zero-order valence-electron chi connectivity index (χ0n) is 30.4. The smallest absolute Gasteiger partial charge is 0.161 e. The standard InChI is InChI=1S/C53H34N2S/c1-5-18-35(19-6-1)48-34-49(36-20-7-2-8-21-36)55-52(54-48)45-32-44-39-26-13-15-30-46(39)53(37-22-9-3-10-23-37,38-24-11-4-12-25-38)47(44)33-43(45)42-29-17-28-41-40-27-14-16-31-50(40)56-51(41)42/h1-34H. The quantitative estimate of drug-likeness (QED) is 0.170. The van der Waals surface area contributed by atoms with Gasteiger partial charge in [-0.1, -0.05) is 182 Å². The van der Waals surface area contributed by atoms with Crippen LogP contribution in [0.3, 0.4) is 0 Å². The Hall–Kier alpha value is -6.94. The molecule has 0 bridgehead atoms. The van der Waals surface area contributed by atoms with Crippen molar-refractivity contribution in [3.05, 3.63) is 229 Å². The zero-order valence-corrected chi connectivity index (χ0v) is 31.2. The van der Waals surface area contributed by atoms with Crippen LogP contribution in [-0.2, 0) is 5.41 Å². The van der Waals surface area contributed by atoms with Gasteiger partial charge < -0.3 is 0 Å². The van der Waals surface area contributed by atoms with Gasteiger partial charge in [0.05, 0.1) is 16.8 Å². The van der Waals surface area contributed by atoms with Gasteiger partial charge in [0.1, 0.15) is 0 Å². The van der Waals surface area contributed by atoms with Crippen LogP contribution in [0, 0.1) is 0 Å². The monoisotopic (exact) mass is 730 g/mol. The second kappa shape index (κ2) is 13.1. The summed E-state index contributed by atoms with van der Waals surface area (Å²) in [4.78, 5) is 10.9. The lowest BCUT2D eigenvalue weighted by molar-refractivity contribution is 0.769. The van der Waals surface area contributed by atoms with Crippen LogP contribution in [0.2, 0.25) is 0 Å². The van der Waals surface area contributed by atoms with Crippen LogP contribution < -0.4 is 0 Å². The zero-order chi connectivity index (χ0) is 37.1. The fraction of sp³-hybridized carbons (Fsp3) is 0.0189. The van der Waals surface area contributed by atoms with E-state index in [-0.39, 0.29) is 0 Å². The number of hydrogen-bond acceptors (Lipinski definition) is 3. The van der Waals surface area contributed by atoms with Gasteiger partial charge in [0.15, 0.2) is 5.82 Å². The maximum Gasteiger partial charge on any atom is 0.161 e. The lowest BCUT2D eigenvalue weighted by Gasteiger charge is -2.34. The lowest BCUT2D eigenvalue weighted by atomic mass is 9.67. The highest BCUT2D eigenvalue weighted by Crippen LogP contribution is 2.58. The number of aromatic nitrogens is 2. The van der Waals surface area contributed by atoms with Crippen molar-refractivity contribution in [3.63, 3.8) is 0 Å². The largest absolute Gasteiger partial charge is 0.228 e. The number of fused-ring (bicyclic) bond motifs is 6. The van der Waals surface area contributed by atoms with Crippen molar-refractivity contribution < 1.29 is 0 Å². The Morgan fingerprint density at radius 1 is 0.357 bits per heavy atom. The molecule has 0 saturated heterocycles. The topological polar surface area (TPSA) is 25.8 Å². The van der Waals surface area contributed by atoms with Gasteiger partial charge in [0.25, 0.3) is 0 Å². The fourth-order valence-electron chi connectivity index (χ4n) is 8.94. The van der Waals surface area contributed by atoms with Crippen molar-refractivity contribution in [2.24, 2.45) is 0 Å². The lowest BCUT2D eigenvalue weighted by Crippen LogP contribution is -2.28. The number of rotatable bonds is 6. The SMILES string of the molecule is c1ccc(-c2cc(-c3ccccc3)nc(-c3cc4c(cc3-c3cccc5c3sc3ccccc35)C(c3ccccc3)(c3ccccc3)c3ccccc3-4)n2)cc1. The Kier molecular flexibility index (Phi) is 7.61. The first-order chi connectivity index (χ1) is 27.8. The minimum atomic E-state index is -0.544. The summed E-state index contributed by atoms with van der Waals surface area (Å²) in [5.74, 6) is 0.704. The van der Waals surface area contributed by atoms with Crippen molar-refractivity contribution in [3.8, 4) is 56.2 Å². The van der Waals surface area contributed by atoms with Gasteiger partial charge in [-0.2, -0.15) is 0 Å². The Labute approximate surface area is 330 Å². The third-order valence-electron chi connectivity index (χ3n) is 11.4. The Morgan fingerprint density at radius 2 is 0.893 bits per heavy atom. The summed E-state index contributed by atoms with van der Waals surface area (Å²) in [6.07, 6.45) is 0. The van der Waals surface area contributed by atoms with Crippen LogP contribution in [0.25, 0.3) is 76.3 Å². The molecule has 56 heavy (non-hydrogen) atoms. The number of hydrogen-bond donors (Lipinski definition) is 0. The van der Waals surface area contributed by atoms with Crippen molar-refractivity contribution in [1.82, 2.24) is 9.97 Å². The third-order valence-corrected chi connectivity index (χ3v) is 12.6. The Morgan fingerprint density at radius 3 is 1.55 bits per heavy atom. The van der Waals surface area contributed by atoms with Gasteiger partial charge >= 0.3 is 0 Å². The van der Waals surface area contributed by atoms with Crippen molar-refractivity contribution in [1.29, 1.82) is 0 Å². The molecule has 2 nitrogen and oxygen atoms in total. The van der Waals surface area contributed by atoms with E-state index in [0.717, 1.165) is 33.6 Å². The molecule has 2 aromatic heterocycles. The molecular formula is C53H34N2S. The average molecular weight is 731 g/mol. The molecule has 0 aliphatic heterocycles. The molecule has 0 saturated carbocycles. The summed E-state index contributed by atoms with van der Waals surface area (Å²) in [6, 6.07) is 74.5. The molecule has 262 valence electrons.